The van der Waals surface area contributed by atoms with Crippen LogP contribution in [0.1, 0.15) is 25.0 Å². The zero-order valence-corrected chi connectivity index (χ0v) is 21.9. The lowest BCUT2D eigenvalue weighted by atomic mass is 10.0. The van der Waals surface area contributed by atoms with Crippen LogP contribution in [0.15, 0.2) is 53.4 Å². The first-order valence-electron chi connectivity index (χ1n) is 11.8. The number of hydrogen-bond acceptors (Lipinski definition) is 5. The second kappa shape index (κ2) is 13.7. The van der Waals surface area contributed by atoms with Gasteiger partial charge in [0, 0.05) is 32.7 Å². The third-order valence-electron chi connectivity index (χ3n) is 5.50. The molecule has 0 aromatic heterocycles. The van der Waals surface area contributed by atoms with Gasteiger partial charge in [-0.3, -0.25) is 4.79 Å². The minimum Gasteiger partial charge on any atom is -0.475 e. The lowest BCUT2D eigenvalue weighted by Crippen LogP contribution is -2.50. The van der Waals surface area contributed by atoms with E-state index in [1.807, 2.05) is 12.1 Å². The number of rotatable bonds is 8. The van der Waals surface area contributed by atoms with Crippen molar-refractivity contribution in [3.05, 3.63) is 65.5 Å². The Bertz CT molecular complexity index is 1160. The molecule has 3 rings (SSSR count). The molecule has 13 heteroatoms. The van der Waals surface area contributed by atoms with E-state index in [1.165, 1.54) is 16.4 Å². The summed E-state index contributed by atoms with van der Waals surface area (Å²) >= 11 is 0. The number of hydrogen-bond donors (Lipinski definition) is 2. The highest BCUT2D eigenvalue weighted by molar-refractivity contribution is 7.89. The van der Waals surface area contributed by atoms with Crippen molar-refractivity contribution in [2.45, 2.75) is 37.9 Å². The number of piperazine rings is 1. The Hall–Kier alpha value is -3.03. The maximum Gasteiger partial charge on any atom is 0.490 e. The Balaban J connectivity index is 0.000000638. The Morgan fingerprint density at radius 3 is 1.97 bits per heavy atom. The van der Waals surface area contributed by atoms with Gasteiger partial charge in [-0.1, -0.05) is 38.1 Å². The third kappa shape index (κ3) is 9.69. The fourth-order valence-corrected chi connectivity index (χ4v) is 4.98. The standard InChI is InChI=1S/C23H30FN3O3S.C2HF3O2/c1-18(2)15-19-5-9-22(10-6-19)31(29,30)27(16-20-3-7-21(24)8-4-20)17-23(28)26-13-11-25-12-14-26;3-2(4,5)1(6)7/h3-10,18,25H,11-17H2,1-2H3;(H,6,7). The van der Waals surface area contributed by atoms with E-state index in [4.69, 9.17) is 9.90 Å². The molecule has 1 aliphatic heterocycles. The number of carbonyl (C=O) groups is 2. The molecule has 0 saturated carbocycles. The number of halogens is 4. The van der Waals surface area contributed by atoms with Gasteiger partial charge in [-0.2, -0.15) is 17.5 Å². The van der Waals surface area contributed by atoms with Gasteiger partial charge in [-0.15, -0.1) is 0 Å². The lowest BCUT2D eigenvalue weighted by Gasteiger charge is -2.30. The normalized spacial score (nSPS) is 14.3. The van der Waals surface area contributed by atoms with Gasteiger partial charge in [0.25, 0.3) is 0 Å². The highest BCUT2D eigenvalue weighted by atomic mass is 32.2. The van der Waals surface area contributed by atoms with E-state index in [9.17, 15) is 30.8 Å². The number of carboxylic acid groups (broad SMARTS) is 1. The van der Waals surface area contributed by atoms with Crippen molar-refractivity contribution in [1.29, 1.82) is 0 Å². The van der Waals surface area contributed by atoms with Gasteiger partial charge in [0.1, 0.15) is 5.82 Å². The van der Waals surface area contributed by atoms with Crippen molar-refractivity contribution in [3.8, 4) is 0 Å². The van der Waals surface area contributed by atoms with Crippen LogP contribution in [0.3, 0.4) is 0 Å². The topological polar surface area (TPSA) is 107 Å². The van der Waals surface area contributed by atoms with Crippen molar-refractivity contribution < 1.29 is 40.7 Å². The summed E-state index contributed by atoms with van der Waals surface area (Å²) in [5.74, 6) is -2.92. The molecule has 0 unspecified atom stereocenters. The van der Waals surface area contributed by atoms with Crippen LogP contribution in [-0.2, 0) is 32.6 Å². The molecular weight excluding hydrogens is 530 g/mol. The Morgan fingerprint density at radius 2 is 1.50 bits per heavy atom. The summed E-state index contributed by atoms with van der Waals surface area (Å²) < 4.78 is 73.1. The summed E-state index contributed by atoms with van der Waals surface area (Å²) in [5.41, 5.74) is 1.69. The number of aliphatic carboxylic acids is 1. The van der Waals surface area contributed by atoms with Gasteiger partial charge in [-0.25, -0.2) is 17.6 Å². The molecule has 0 bridgehead atoms. The number of alkyl halides is 3. The van der Waals surface area contributed by atoms with E-state index < -0.39 is 28.0 Å². The van der Waals surface area contributed by atoms with Crippen LogP contribution in [0, 0.1) is 11.7 Å². The molecule has 8 nitrogen and oxygen atoms in total. The lowest BCUT2D eigenvalue weighted by molar-refractivity contribution is -0.192. The zero-order chi connectivity index (χ0) is 28.5. The van der Waals surface area contributed by atoms with Crippen LogP contribution in [0.4, 0.5) is 17.6 Å². The Kier molecular flexibility index (Phi) is 11.2. The molecule has 1 amide bonds. The van der Waals surface area contributed by atoms with Gasteiger partial charge in [0.05, 0.1) is 11.4 Å². The van der Waals surface area contributed by atoms with Crippen molar-refractivity contribution in [2.24, 2.45) is 5.92 Å². The summed E-state index contributed by atoms with van der Waals surface area (Å²) in [7, 11) is -3.91. The fourth-order valence-electron chi connectivity index (χ4n) is 3.60. The quantitative estimate of drug-likeness (QED) is 0.480. The minimum absolute atomic E-state index is 0.00577. The molecule has 1 saturated heterocycles. The van der Waals surface area contributed by atoms with Crippen molar-refractivity contribution >= 4 is 21.9 Å². The summed E-state index contributed by atoms with van der Waals surface area (Å²) in [6.45, 7) is 6.43. The largest absolute Gasteiger partial charge is 0.490 e. The van der Waals surface area contributed by atoms with E-state index in [0.717, 1.165) is 12.0 Å². The second-order valence-corrected chi connectivity index (χ2v) is 11.0. The van der Waals surface area contributed by atoms with Gasteiger partial charge in [0.15, 0.2) is 0 Å². The van der Waals surface area contributed by atoms with Crippen molar-refractivity contribution in [1.82, 2.24) is 14.5 Å². The molecule has 2 N–H and O–H groups in total. The summed E-state index contributed by atoms with van der Waals surface area (Å²) in [6.07, 6.45) is -4.22. The molecule has 0 radical (unpaired) electrons. The minimum atomic E-state index is -5.08. The first-order valence-corrected chi connectivity index (χ1v) is 13.3. The molecule has 0 spiro atoms. The van der Waals surface area contributed by atoms with E-state index >= 15 is 0 Å². The summed E-state index contributed by atoms with van der Waals surface area (Å²) in [5, 5.41) is 10.3. The second-order valence-electron chi connectivity index (χ2n) is 9.08. The number of benzene rings is 2. The number of carboxylic acids is 1. The molecule has 0 atom stereocenters. The van der Waals surface area contributed by atoms with Crippen LogP contribution in [-0.4, -0.2) is 73.5 Å². The molecule has 0 aliphatic carbocycles. The molecule has 38 heavy (non-hydrogen) atoms. The highest BCUT2D eigenvalue weighted by Gasteiger charge is 2.38. The van der Waals surface area contributed by atoms with Crippen molar-refractivity contribution in [3.63, 3.8) is 0 Å². The molecular formula is C25H31F4N3O5S. The Morgan fingerprint density at radius 1 is 1.00 bits per heavy atom. The smallest absolute Gasteiger partial charge is 0.475 e. The van der Waals surface area contributed by atoms with Crippen LogP contribution in [0.5, 0.6) is 0 Å². The van der Waals surface area contributed by atoms with Gasteiger partial charge in [0.2, 0.25) is 15.9 Å². The first-order chi connectivity index (χ1) is 17.7. The van der Waals surface area contributed by atoms with Crippen molar-refractivity contribution in [2.75, 3.05) is 32.7 Å². The SMILES string of the molecule is CC(C)Cc1ccc(S(=O)(=O)N(CC(=O)N2CCNCC2)Cc2ccc(F)cc2)cc1.O=C(O)C(F)(F)F. The first kappa shape index (κ1) is 31.2. The van der Waals surface area contributed by atoms with E-state index in [-0.39, 0.29) is 23.9 Å². The average molecular weight is 562 g/mol. The predicted octanol–water partition coefficient (Wildman–Crippen LogP) is 3.28. The molecule has 1 heterocycles. The van der Waals surface area contributed by atoms with Crippen LogP contribution in [0.2, 0.25) is 0 Å². The van der Waals surface area contributed by atoms with Gasteiger partial charge < -0.3 is 15.3 Å². The molecule has 2 aromatic carbocycles. The van der Waals surface area contributed by atoms with Crippen LogP contribution >= 0.6 is 0 Å². The number of sulfonamides is 1. The Labute approximate surface area is 219 Å². The van der Waals surface area contributed by atoms with E-state index in [0.29, 0.717) is 37.7 Å². The number of amides is 1. The number of carbonyl (C=O) groups excluding carboxylic acids is 1. The average Bonchev–Trinajstić information content (AvgIpc) is 2.85. The van der Waals surface area contributed by atoms with E-state index in [2.05, 4.69) is 19.2 Å². The van der Waals surface area contributed by atoms with Crippen LogP contribution < -0.4 is 5.32 Å². The van der Waals surface area contributed by atoms with Gasteiger partial charge >= 0.3 is 12.1 Å². The maximum absolute atomic E-state index is 13.4. The molecule has 210 valence electrons. The molecule has 1 fully saturated rings. The number of nitrogens with one attached hydrogen (secondary N) is 1. The maximum atomic E-state index is 13.4. The van der Waals surface area contributed by atoms with E-state index in [1.54, 1.807) is 29.2 Å². The number of nitrogens with zero attached hydrogens (tertiary/aromatic N) is 2. The summed E-state index contributed by atoms with van der Waals surface area (Å²) in [4.78, 5) is 23.6. The monoisotopic (exact) mass is 561 g/mol. The molecule has 2 aromatic rings. The van der Waals surface area contributed by atoms with Crippen LogP contribution in [0.25, 0.3) is 0 Å². The predicted molar refractivity (Wildman–Crippen MR) is 132 cm³/mol. The summed E-state index contributed by atoms with van der Waals surface area (Å²) in [6, 6.07) is 12.5. The fraction of sp³-hybridized carbons (Fsp3) is 0.440. The third-order valence-corrected chi connectivity index (χ3v) is 7.31. The zero-order valence-electron chi connectivity index (χ0n) is 21.0. The molecule has 1 aliphatic rings. The highest BCUT2D eigenvalue weighted by Crippen LogP contribution is 2.21. The van der Waals surface area contributed by atoms with Gasteiger partial charge in [-0.05, 0) is 47.7 Å².